The van der Waals surface area contributed by atoms with E-state index >= 15 is 0 Å². The molecule has 0 aliphatic carbocycles. The number of benzene rings is 2. The lowest BCUT2D eigenvalue weighted by molar-refractivity contribution is 0.0696. The monoisotopic (exact) mass is 444 g/mol. The molecule has 0 aliphatic heterocycles. The number of rotatable bonds is 6. The van der Waals surface area contributed by atoms with Gasteiger partial charge in [0.05, 0.1) is 22.5 Å². The van der Waals surface area contributed by atoms with Gasteiger partial charge < -0.3 is 15.4 Å². The quantitative estimate of drug-likeness (QED) is 0.418. The standard InChI is InChI=1S/C24H20N4O5/c1-14(16-2-4-17(5-3-16)23(31)32)28-22(30)19-12-18(6-7-20(19)27-24(28)33)21(29)26-13-15-8-10-25-11-9-15/h2-12,14H,13H2,1H3,(H,26,29)(H,27,33)(H,31,32). The van der Waals surface area contributed by atoms with E-state index in [2.05, 4.69) is 15.3 Å². The predicted octanol–water partition coefficient (Wildman–Crippen LogP) is 2.32. The molecule has 0 radical (unpaired) electrons. The molecule has 1 atom stereocenters. The van der Waals surface area contributed by atoms with Gasteiger partial charge in [0, 0.05) is 24.5 Å². The number of aromatic amines is 1. The molecule has 3 N–H and O–H groups in total. The maximum atomic E-state index is 13.2. The summed E-state index contributed by atoms with van der Waals surface area (Å²) in [5.41, 5.74) is 1.04. The average molecular weight is 444 g/mol. The van der Waals surface area contributed by atoms with Crippen LogP contribution in [0.5, 0.6) is 0 Å². The molecule has 4 aromatic rings. The summed E-state index contributed by atoms with van der Waals surface area (Å²) >= 11 is 0. The van der Waals surface area contributed by atoms with E-state index in [-0.39, 0.29) is 22.4 Å². The molecular weight excluding hydrogens is 424 g/mol. The van der Waals surface area contributed by atoms with Crippen LogP contribution < -0.4 is 16.6 Å². The van der Waals surface area contributed by atoms with Gasteiger partial charge in [0.15, 0.2) is 0 Å². The number of nitrogens with zero attached hydrogens (tertiary/aromatic N) is 2. The van der Waals surface area contributed by atoms with Gasteiger partial charge >= 0.3 is 11.7 Å². The number of hydrogen-bond acceptors (Lipinski definition) is 5. The Hall–Kier alpha value is -4.53. The van der Waals surface area contributed by atoms with Crippen LogP contribution in [0.25, 0.3) is 10.9 Å². The van der Waals surface area contributed by atoms with Crippen LogP contribution in [0.1, 0.15) is 44.8 Å². The Balaban J connectivity index is 1.67. The SMILES string of the molecule is CC(c1ccc(C(=O)O)cc1)n1c(=O)[nH]c2ccc(C(=O)NCc3ccncc3)cc2c1=O. The zero-order chi connectivity index (χ0) is 23.5. The number of carbonyl (C=O) groups is 2. The lowest BCUT2D eigenvalue weighted by Gasteiger charge is -2.15. The molecule has 2 heterocycles. The fourth-order valence-electron chi connectivity index (χ4n) is 3.56. The van der Waals surface area contributed by atoms with E-state index in [0.717, 1.165) is 10.1 Å². The lowest BCUT2D eigenvalue weighted by atomic mass is 10.1. The van der Waals surface area contributed by atoms with Gasteiger partial charge in [-0.3, -0.25) is 19.1 Å². The molecule has 0 fully saturated rings. The third-order valence-corrected chi connectivity index (χ3v) is 5.42. The van der Waals surface area contributed by atoms with Crippen molar-refractivity contribution in [3.05, 3.63) is 110 Å². The molecule has 1 unspecified atom stereocenters. The number of fused-ring (bicyclic) bond motifs is 1. The number of nitrogens with one attached hydrogen (secondary N) is 2. The molecule has 2 aromatic carbocycles. The van der Waals surface area contributed by atoms with Gasteiger partial charge in [0.2, 0.25) is 0 Å². The fourth-order valence-corrected chi connectivity index (χ4v) is 3.56. The van der Waals surface area contributed by atoms with Crippen LogP contribution in [0.2, 0.25) is 0 Å². The van der Waals surface area contributed by atoms with Crippen molar-refractivity contribution >= 4 is 22.8 Å². The first kappa shape index (κ1) is 21.7. The second-order valence-electron chi connectivity index (χ2n) is 7.51. The Morgan fingerprint density at radius 2 is 1.70 bits per heavy atom. The number of aromatic carboxylic acids is 1. The maximum absolute atomic E-state index is 13.2. The van der Waals surface area contributed by atoms with Crippen molar-refractivity contribution in [1.29, 1.82) is 0 Å². The summed E-state index contributed by atoms with van der Waals surface area (Å²) < 4.78 is 1.05. The number of aromatic nitrogens is 3. The highest BCUT2D eigenvalue weighted by atomic mass is 16.4. The third-order valence-electron chi connectivity index (χ3n) is 5.42. The van der Waals surface area contributed by atoms with Gasteiger partial charge in [0.1, 0.15) is 0 Å². The smallest absolute Gasteiger partial charge is 0.335 e. The van der Waals surface area contributed by atoms with E-state index in [1.807, 2.05) is 0 Å². The van der Waals surface area contributed by atoms with E-state index in [0.29, 0.717) is 17.6 Å². The molecule has 9 nitrogen and oxygen atoms in total. The molecule has 0 saturated carbocycles. The molecule has 0 spiro atoms. The Labute approximate surface area is 187 Å². The average Bonchev–Trinajstić information content (AvgIpc) is 2.83. The summed E-state index contributed by atoms with van der Waals surface area (Å²) in [6.45, 7) is 1.97. The van der Waals surface area contributed by atoms with Gasteiger partial charge in [-0.05, 0) is 60.5 Å². The summed E-state index contributed by atoms with van der Waals surface area (Å²) in [5.74, 6) is -1.42. The number of hydrogen-bond donors (Lipinski definition) is 3. The molecule has 33 heavy (non-hydrogen) atoms. The van der Waals surface area contributed by atoms with Gasteiger partial charge in [-0.2, -0.15) is 0 Å². The van der Waals surface area contributed by atoms with Crippen molar-refractivity contribution in [3.63, 3.8) is 0 Å². The van der Waals surface area contributed by atoms with Crippen LogP contribution in [0.15, 0.2) is 76.6 Å². The molecule has 0 bridgehead atoms. The Morgan fingerprint density at radius 3 is 2.36 bits per heavy atom. The molecular formula is C24H20N4O5. The molecule has 1 amide bonds. The predicted molar refractivity (Wildman–Crippen MR) is 121 cm³/mol. The van der Waals surface area contributed by atoms with E-state index in [1.165, 1.54) is 30.3 Å². The minimum atomic E-state index is -1.07. The first-order valence-corrected chi connectivity index (χ1v) is 10.1. The summed E-state index contributed by atoms with van der Waals surface area (Å²) in [6.07, 6.45) is 3.26. The van der Waals surface area contributed by atoms with Crippen LogP contribution in [0.4, 0.5) is 0 Å². The second kappa shape index (κ2) is 8.91. The Bertz CT molecular complexity index is 1460. The summed E-state index contributed by atoms with van der Waals surface area (Å²) in [5, 5.41) is 12.1. The van der Waals surface area contributed by atoms with Crippen molar-refractivity contribution in [2.75, 3.05) is 0 Å². The van der Waals surface area contributed by atoms with Crippen LogP contribution in [-0.2, 0) is 6.54 Å². The lowest BCUT2D eigenvalue weighted by Crippen LogP contribution is -2.37. The first-order chi connectivity index (χ1) is 15.8. The van der Waals surface area contributed by atoms with Crippen molar-refractivity contribution in [3.8, 4) is 0 Å². The third kappa shape index (κ3) is 4.42. The first-order valence-electron chi connectivity index (χ1n) is 10.1. The highest BCUT2D eigenvalue weighted by molar-refractivity contribution is 5.97. The Morgan fingerprint density at radius 1 is 1.03 bits per heavy atom. The van der Waals surface area contributed by atoms with Crippen LogP contribution in [0, 0.1) is 0 Å². The summed E-state index contributed by atoms with van der Waals surface area (Å²) in [4.78, 5) is 56.2. The van der Waals surface area contributed by atoms with E-state index in [1.54, 1.807) is 43.6 Å². The molecule has 4 rings (SSSR count). The minimum Gasteiger partial charge on any atom is -0.478 e. The number of H-pyrrole nitrogens is 1. The zero-order valence-electron chi connectivity index (χ0n) is 17.6. The topological polar surface area (TPSA) is 134 Å². The van der Waals surface area contributed by atoms with Gasteiger partial charge in [-0.1, -0.05) is 12.1 Å². The number of carboxylic acids is 1. The number of amides is 1. The number of pyridine rings is 1. The highest BCUT2D eigenvalue weighted by Gasteiger charge is 2.17. The molecule has 166 valence electrons. The molecule has 2 aromatic heterocycles. The fraction of sp³-hybridized carbons (Fsp3) is 0.125. The van der Waals surface area contributed by atoms with E-state index in [4.69, 9.17) is 5.11 Å². The van der Waals surface area contributed by atoms with Crippen molar-refractivity contribution in [2.45, 2.75) is 19.5 Å². The largest absolute Gasteiger partial charge is 0.478 e. The summed E-state index contributed by atoms with van der Waals surface area (Å²) in [7, 11) is 0. The number of carboxylic acid groups (broad SMARTS) is 1. The minimum absolute atomic E-state index is 0.105. The van der Waals surface area contributed by atoms with E-state index in [9.17, 15) is 19.2 Å². The van der Waals surface area contributed by atoms with Crippen LogP contribution in [0.3, 0.4) is 0 Å². The van der Waals surface area contributed by atoms with Gasteiger partial charge in [-0.25, -0.2) is 9.59 Å². The van der Waals surface area contributed by atoms with Crippen molar-refractivity contribution in [1.82, 2.24) is 19.9 Å². The van der Waals surface area contributed by atoms with Crippen molar-refractivity contribution in [2.24, 2.45) is 0 Å². The van der Waals surface area contributed by atoms with Gasteiger partial charge in [0.25, 0.3) is 11.5 Å². The normalized spacial score (nSPS) is 11.8. The summed E-state index contributed by atoms with van der Waals surface area (Å²) in [6, 6.07) is 13.4. The van der Waals surface area contributed by atoms with Crippen LogP contribution >= 0.6 is 0 Å². The van der Waals surface area contributed by atoms with Gasteiger partial charge in [-0.15, -0.1) is 0 Å². The highest BCUT2D eigenvalue weighted by Crippen LogP contribution is 2.17. The van der Waals surface area contributed by atoms with Crippen LogP contribution in [-0.4, -0.2) is 31.5 Å². The Kier molecular flexibility index (Phi) is 5.86. The van der Waals surface area contributed by atoms with E-state index < -0.39 is 23.3 Å². The maximum Gasteiger partial charge on any atom is 0.335 e. The number of carbonyl (C=O) groups excluding carboxylic acids is 1. The van der Waals surface area contributed by atoms with Crippen molar-refractivity contribution < 1.29 is 14.7 Å². The molecule has 0 aliphatic rings. The second-order valence-corrected chi connectivity index (χ2v) is 7.51. The molecule has 0 saturated heterocycles. The molecule has 9 heteroatoms. The zero-order valence-corrected chi connectivity index (χ0v) is 17.6.